The van der Waals surface area contributed by atoms with Crippen molar-refractivity contribution in [3.05, 3.63) is 29.8 Å². The lowest BCUT2D eigenvalue weighted by atomic mass is 9.96. The summed E-state index contributed by atoms with van der Waals surface area (Å²) in [6.07, 6.45) is 2.12. The molecule has 1 aromatic rings. The zero-order valence-electron chi connectivity index (χ0n) is 13.0. The molecule has 2 amide bonds. The van der Waals surface area contributed by atoms with Crippen LogP contribution in [-0.2, 0) is 9.59 Å². The summed E-state index contributed by atoms with van der Waals surface area (Å²) in [4.78, 5) is 26.5. The Morgan fingerprint density at radius 2 is 2.05 bits per heavy atom. The third kappa shape index (κ3) is 3.14. The molecule has 22 heavy (non-hydrogen) atoms. The third-order valence-corrected chi connectivity index (χ3v) is 4.15. The van der Waals surface area contributed by atoms with E-state index in [4.69, 9.17) is 0 Å². The molecule has 5 nitrogen and oxygen atoms in total. The minimum atomic E-state index is -0.923. The Hall–Kier alpha value is -1.88. The van der Waals surface area contributed by atoms with Crippen molar-refractivity contribution in [3.8, 4) is 0 Å². The minimum Gasteiger partial charge on any atom is -0.389 e. The molecule has 0 aromatic heterocycles. The number of nitrogens with zero attached hydrogens (tertiary/aromatic N) is 1. The first kappa shape index (κ1) is 15.0. The topological polar surface area (TPSA) is 69.6 Å². The third-order valence-electron chi connectivity index (χ3n) is 4.15. The van der Waals surface area contributed by atoms with Crippen molar-refractivity contribution in [3.63, 3.8) is 0 Å². The van der Waals surface area contributed by atoms with Gasteiger partial charge in [0.25, 0.3) is 0 Å². The van der Waals surface area contributed by atoms with Crippen molar-refractivity contribution < 1.29 is 14.7 Å². The lowest BCUT2D eigenvalue weighted by Crippen LogP contribution is -2.44. The van der Waals surface area contributed by atoms with Crippen LogP contribution >= 0.6 is 0 Å². The lowest BCUT2D eigenvalue weighted by molar-refractivity contribution is -0.136. The van der Waals surface area contributed by atoms with Crippen LogP contribution in [0.1, 0.15) is 44.6 Å². The van der Waals surface area contributed by atoms with Crippen LogP contribution in [-0.4, -0.2) is 40.0 Å². The van der Waals surface area contributed by atoms with Gasteiger partial charge in [-0.25, -0.2) is 0 Å². The van der Waals surface area contributed by atoms with Gasteiger partial charge < -0.3 is 15.3 Å². The molecule has 0 radical (unpaired) electrons. The molecule has 2 aliphatic rings. The van der Waals surface area contributed by atoms with Gasteiger partial charge in [0.05, 0.1) is 11.5 Å². The number of anilines is 1. The average molecular weight is 302 g/mol. The van der Waals surface area contributed by atoms with E-state index in [0.29, 0.717) is 6.54 Å². The Morgan fingerprint density at radius 1 is 1.36 bits per heavy atom. The second kappa shape index (κ2) is 5.39. The van der Waals surface area contributed by atoms with Crippen LogP contribution in [0.4, 0.5) is 5.69 Å². The summed E-state index contributed by atoms with van der Waals surface area (Å²) in [5.74, 6) is -0.596. The summed E-state index contributed by atoms with van der Waals surface area (Å²) in [5.41, 5.74) is 0.763. The van der Waals surface area contributed by atoms with Crippen molar-refractivity contribution >= 4 is 17.5 Å². The van der Waals surface area contributed by atoms with Crippen molar-refractivity contribution in [2.75, 3.05) is 11.9 Å². The van der Waals surface area contributed by atoms with E-state index in [9.17, 15) is 14.7 Å². The van der Waals surface area contributed by atoms with Gasteiger partial charge in [0.2, 0.25) is 11.8 Å². The molecule has 1 fully saturated rings. The smallest absolute Gasteiger partial charge is 0.232 e. The van der Waals surface area contributed by atoms with Crippen LogP contribution < -0.4 is 5.32 Å². The molecule has 1 heterocycles. The van der Waals surface area contributed by atoms with Crippen molar-refractivity contribution in [2.24, 2.45) is 0 Å². The minimum absolute atomic E-state index is 0.0542. The number of para-hydroxylation sites is 1. The first-order valence-electron chi connectivity index (χ1n) is 7.77. The van der Waals surface area contributed by atoms with E-state index in [-0.39, 0.29) is 24.3 Å². The Morgan fingerprint density at radius 3 is 2.68 bits per heavy atom. The molecule has 1 atom stereocenters. The highest BCUT2D eigenvalue weighted by Crippen LogP contribution is 2.36. The van der Waals surface area contributed by atoms with E-state index in [2.05, 4.69) is 5.32 Å². The van der Waals surface area contributed by atoms with E-state index < -0.39 is 11.5 Å². The van der Waals surface area contributed by atoms with Crippen LogP contribution in [0.25, 0.3) is 0 Å². The molecule has 1 unspecified atom stereocenters. The second-order valence-corrected chi connectivity index (χ2v) is 6.90. The molecule has 2 N–H and O–H groups in total. The Kier molecular flexibility index (Phi) is 3.68. The number of rotatable bonds is 5. The highest BCUT2D eigenvalue weighted by Gasteiger charge is 2.39. The number of carbonyl (C=O) groups excluding carboxylic acids is 2. The maximum absolute atomic E-state index is 12.6. The number of benzene rings is 1. The predicted octanol–water partition coefficient (Wildman–Crippen LogP) is 1.87. The normalized spacial score (nSPS) is 20.5. The quantitative estimate of drug-likeness (QED) is 0.872. The van der Waals surface area contributed by atoms with Crippen LogP contribution in [0.3, 0.4) is 0 Å². The van der Waals surface area contributed by atoms with Gasteiger partial charge in [-0.2, -0.15) is 0 Å². The van der Waals surface area contributed by atoms with Gasteiger partial charge in [0.1, 0.15) is 0 Å². The summed E-state index contributed by atoms with van der Waals surface area (Å²) in [5, 5.41) is 12.8. The summed E-state index contributed by atoms with van der Waals surface area (Å²) in [6, 6.07) is 7.72. The standard InChI is InChI=1S/C17H22N2O3/c1-17(2,22)10-19(11-7-8-11)15(20)9-13-12-5-3-4-6-14(12)18-16(13)21/h3-6,11,13,22H,7-10H2,1-2H3,(H,18,21). The fourth-order valence-electron chi connectivity index (χ4n) is 2.99. The van der Waals surface area contributed by atoms with Crippen LogP contribution in [0.15, 0.2) is 24.3 Å². The summed E-state index contributed by atoms with van der Waals surface area (Å²) >= 11 is 0. The van der Waals surface area contributed by atoms with E-state index in [1.807, 2.05) is 24.3 Å². The van der Waals surface area contributed by atoms with Crippen molar-refractivity contribution in [1.82, 2.24) is 4.90 Å². The number of carbonyl (C=O) groups is 2. The summed E-state index contributed by atoms with van der Waals surface area (Å²) in [7, 11) is 0. The number of aliphatic hydroxyl groups is 1. The molecular weight excluding hydrogens is 280 g/mol. The number of nitrogens with one attached hydrogen (secondary N) is 1. The maximum atomic E-state index is 12.6. The molecule has 118 valence electrons. The zero-order valence-corrected chi connectivity index (χ0v) is 13.0. The number of hydrogen-bond donors (Lipinski definition) is 2. The molecule has 1 aliphatic heterocycles. The van der Waals surface area contributed by atoms with Gasteiger partial charge in [0.15, 0.2) is 0 Å². The number of amides is 2. The highest BCUT2D eigenvalue weighted by molar-refractivity contribution is 6.04. The van der Waals surface area contributed by atoms with Gasteiger partial charge in [-0.3, -0.25) is 9.59 Å². The fourth-order valence-corrected chi connectivity index (χ4v) is 2.99. The number of hydrogen-bond acceptors (Lipinski definition) is 3. The Labute approximate surface area is 130 Å². The predicted molar refractivity (Wildman–Crippen MR) is 83.5 cm³/mol. The molecule has 5 heteroatoms. The van der Waals surface area contributed by atoms with Crippen molar-refractivity contribution in [1.29, 1.82) is 0 Å². The fraction of sp³-hybridized carbons (Fsp3) is 0.529. The van der Waals surface area contributed by atoms with Gasteiger partial charge in [-0.1, -0.05) is 18.2 Å². The molecule has 0 saturated heterocycles. The van der Waals surface area contributed by atoms with Gasteiger partial charge >= 0.3 is 0 Å². The molecular formula is C17H22N2O3. The molecule has 1 aliphatic carbocycles. The second-order valence-electron chi connectivity index (χ2n) is 6.90. The first-order chi connectivity index (χ1) is 10.3. The maximum Gasteiger partial charge on any atom is 0.232 e. The molecule has 1 saturated carbocycles. The van der Waals surface area contributed by atoms with E-state index in [1.165, 1.54) is 0 Å². The molecule has 1 aromatic carbocycles. The Bertz CT molecular complexity index is 602. The van der Waals surface area contributed by atoms with E-state index >= 15 is 0 Å². The van der Waals surface area contributed by atoms with E-state index in [1.54, 1.807) is 18.7 Å². The lowest BCUT2D eigenvalue weighted by Gasteiger charge is -2.30. The molecule has 0 bridgehead atoms. The Balaban J connectivity index is 1.74. The largest absolute Gasteiger partial charge is 0.389 e. The van der Waals surface area contributed by atoms with E-state index in [0.717, 1.165) is 24.1 Å². The van der Waals surface area contributed by atoms with Crippen LogP contribution in [0.5, 0.6) is 0 Å². The first-order valence-corrected chi connectivity index (χ1v) is 7.77. The highest BCUT2D eigenvalue weighted by atomic mass is 16.3. The average Bonchev–Trinajstić information content (AvgIpc) is 3.22. The molecule has 0 spiro atoms. The van der Waals surface area contributed by atoms with Crippen molar-refractivity contribution in [2.45, 2.75) is 50.7 Å². The van der Waals surface area contributed by atoms with Gasteiger partial charge in [-0.05, 0) is 38.3 Å². The summed E-state index contributed by atoms with van der Waals surface area (Å²) in [6.45, 7) is 3.72. The summed E-state index contributed by atoms with van der Waals surface area (Å²) < 4.78 is 0. The van der Waals surface area contributed by atoms with Crippen LogP contribution in [0.2, 0.25) is 0 Å². The monoisotopic (exact) mass is 302 g/mol. The van der Waals surface area contributed by atoms with Gasteiger partial charge in [0, 0.05) is 24.7 Å². The number of fused-ring (bicyclic) bond motifs is 1. The van der Waals surface area contributed by atoms with Gasteiger partial charge in [-0.15, -0.1) is 0 Å². The zero-order chi connectivity index (χ0) is 15.9. The van der Waals surface area contributed by atoms with Crippen LogP contribution in [0, 0.1) is 0 Å². The SMILES string of the molecule is CC(C)(O)CN(C(=O)CC1C(=O)Nc2ccccc21)C1CC1. The molecule has 3 rings (SSSR count).